The Morgan fingerprint density at radius 3 is 2.85 bits per heavy atom. The van der Waals surface area contributed by atoms with Crippen molar-refractivity contribution in [3.05, 3.63) is 33.3 Å². The molecule has 1 fully saturated rings. The van der Waals surface area contributed by atoms with E-state index < -0.39 is 0 Å². The van der Waals surface area contributed by atoms with Crippen LogP contribution in [-0.2, 0) is 0 Å². The van der Waals surface area contributed by atoms with Gasteiger partial charge in [0.1, 0.15) is 16.9 Å². The smallest absolute Gasteiger partial charge is 0.208 e. The Bertz CT molecular complexity index is 619. The van der Waals surface area contributed by atoms with Crippen LogP contribution in [0.1, 0.15) is 11.4 Å². The molecule has 0 spiro atoms. The third-order valence-corrected chi connectivity index (χ3v) is 4.76. The fourth-order valence-electron chi connectivity index (χ4n) is 2.15. The van der Waals surface area contributed by atoms with E-state index in [-0.39, 0.29) is 6.10 Å². The number of aryl methyl sites for hydroxylation is 1. The summed E-state index contributed by atoms with van der Waals surface area (Å²) in [5.74, 6) is 0.750. The molecule has 2 aromatic rings. The van der Waals surface area contributed by atoms with Crippen molar-refractivity contribution in [3.63, 3.8) is 0 Å². The molecule has 0 saturated carbocycles. The van der Waals surface area contributed by atoms with E-state index in [0.717, 1.165) is 35.4 Å². The van der Waals surface area contributed by atoms with Crippen LogP contribution in [0.2, 0.25) is 10.0 Å². The first-order chi connectivity index (χ1) is 9.61. The number of hydrogen-bond donors (Lipinski definition) is 0. The van der Waals surface area contributed by atoms with Crippen LogP contribution in [0.25, 0.3) is 0 Å². The average molecular weight is 330 g/mol. The summed E-state index contributed by atoms with van der Waals surface area (Å²) in [7, 11) is 0. The molecule has 1 aliphatic rings. The maximum absolute atomic E-state index is 5.99. The molecule has 1 aliphatic heterocycles. The van der Waals surface area contributed by atoms with Gasteiger partial charge in [0, 0.05) is 19.0 Å². The molecule has 2 heterocycles. The SMILES string of the molecule is Cc1nnc(N2CCC(Oc3ccc(Cl)c(Cl)c3)C2)s1. The Kier molecular flexibility index (Phi) is 4.01. The zero-order chi connectivity index (χ0) is 14.1. The molecule has 0 aliphatic carbocycles. The summed E-state index contributed by atoms with van der Waals surface area (Å²) >= 11 is 13.5. The first-order valence-electron chi connectivity index (χ1n) is 6.28. The fourth-order valence-corrected chi connectivity index (χ4v) is 3.17. The second-order valence-electron chi connectivity index (χ2n) is 4.65. The Labute approximate surface area is 131 Å². The van der Waals surface area contributed by atoms with Crippen LogP contribution in [-0.4, -0.2) is 29.4 Å². The molecule has 0 bridgehead atoms. The minimum atomic E-state index is 0.136. The van der Waals surface area contributed by atoms with Crippen molar-refractivity contribution in [3.8, 4) is 5.75 Å². The van der Waals surface area contributed by atoms with Crippen molar-refractivity contribution < 1.29 is 4.74 Å². The molecule has 1 atom stereocenters. The molecule has 0 amide bonds. The third-order valence-electron chi connectivity index (χ3n) is 3.12. The van der Waals surface area contributed by atoms with Gasteiger partial charge in [0.25, 0.3) is 0 Å². The Morgan fingerprint density at radius 2 is 2.15 bits per heavy atom. The highest BCUT2D eigenvalue weighted by Gasteiger charge is 2.26. The lowest BCUT2D eigenvalue weighted by atomic mass is 10.3. The lowest BCUT2D eigenvalue weighted by Gasteiger charge is -2.16. The number of anilines is 1. The predicted molar refractivity (Wildman–Crippen MR) is 82.4 cm³/mol. The molecular formula is C13H13Cl2N3OS. The minimum absolute atomic E-state index is 0.136. The van der Waals surface area contributed by atoms with E-state index in [1.165, 1.54) is 0 Å². The number of ether oxygens (including phenoxy) is 1. The number of halogens is 2. The van der Waals surface area contributed by atoms with Gasteiger partial charge in [-0.15, -0.1) is 10.2 Å². The standard InChI is InChI=1S/C13H13Cl2N3OS/c1-8-16-17-13(20-8)18-5-4-10(7-18)19-9-2-3-11(14)12(15)6-9/h2-3,6,10H,4-5,7H2,1H3. The Hall–Kier alpha value is -1.04. The first-order valence-corrected chi connectivity index (χ1v) is 7.86. The van der Waals surface area contributed by atoms with Gasteiger partial charge in [0.2, 0.25) is 5.13 Å². The maximum Gasteiger partial charge on any atom is 0.208 e. The second kappa shape index (κ2) is 5.76. The summed E-state index contributed by atoms with van der Waals surface area (Å²) in [4.78, 5) is 2.20. The van der Waals surface area contributed by atoms with Gasteiger partial charge in [0.05, 0.1) is 16.6 Å². The monoisotopic (exact) mass is 329 g/mol. The topological polar surface area (TPSA) is 38.2 Å². The lowest BCUT2D eigenvalue weighted by Crippen LogP contribution is -2.24. The van der Waals surface area contributed by atoms with Gasteiger partial charge in [0.15, 0.2) is 0 Å². The summed E-state index contributed by atoms with van der Waals surface area (Å²) < 4.78 is 5.94. The van der Waals surface area contributed by atoms with Crippen molar-refractivity contribution in [1.82, 2.24) is 10.2 Å². The van der Waals surface area contributed by atoms with Crippen LogP contribution >= 0.6 is 34.5 Å². The van der Waals surface area contributed by atoms with E-state index in [1.807, 2.05) is 13.0 Å². The number of aromatic nitrogens is 2. The van der Waals surface area contributed by atoms with Crippen molar-refractivity contribution in [2.75, 3.05) is 18.0 Å². The first kappa shape index (κ1) is 13.9. The largest absolute Gasteiger partial charge is 0.488 e. The lowest BCUT2D eigenvalue weighted by molar-refractivity contribution is 0.225. The highest BCUT2D eigenvalue weighted by atomic mass is 35.5. The summed E-state index contributed by atoms with van der Waals surface area (Å²) in [6.45, 7) is 3.70. The van der Waals surface area contributed by atoms with E-state index in [2.05, 4.69) is 15.1 Å². The van der Waals surface area contributed by atoms with Crippen molar-refractivity contribution in [2.45, 2.75) is 19.4 Å². The minimum Gasteiger partial charge on any atom is -0.488 e. The van der Waals surface area contributed by atoms with Gasteiger partial charge < -0.3 is 9.64 Å². The molecule has 1 unspecified atom stereocenters. The molecule has 106 valence electrons. The number of benzene rings is 1. The zero-order valence-corrected chi connectivity index (χ0v) is 13.2. The predicted octanol–water partition coefficient (Wildman–Crippen LogP) is 3.81. The molecule has 0 N–H and O–H groups in total. The van der Waals surface area contributed by atoms with Crippen molar-refractivity contribution in [2.24, 2.45) is 0 Å². The molecule has 1 saturated heterocycles. The van der Waals surface area contributed by atoms with Crippen LogP contribution in [0.3, 0.4) is 0 Å². The highest BCUT2D eigenvalue weighted by Crippen LogP contribution is 2.29. The van der Waals surface area contributed by atoms with Crippen LogP contribution in [0.5, 0.6) is 5.75 Å². The molecule has 1 aromatic carbocycles. The fraction of sp³-hybridized carbons (Fsp3) is 0.385. The molecule has 20 heavy (non-hydrogen) atoms. The van der Waals surface area contributed by atoms with Crippen LogP contribution in [0.15, 0.2) is 18.2 Å². The number of rotatable bonds is 3. The van der Waals surface area contributed by atoms with Gasteiger partial charge in [-0.25, -0.2) is 0 Å². The highest BCUT2D eigenvalue weighted by molar-refractivity contribution is 7.15. The third kappa shape index (κ3) is 3.00. The van der Waals surface area contributed by atoms with E-state index in [4.69, 9.17) is 27.9 Å². The quantitative estimate of drug-likeness (QED) is 0.858. The van der Waals surface area contributed by atoms with Gasteiger partial charge in [-0.05, 0) is 19.1 Å². The summed E-state index contributed by atoms with van der Waals surface area (Å²) in [5, 5.41) is 11.2. The van der Waals surface area contributed by atoms with E-state index >= 15 is 0 Å². The second-order valence-corrected chi connectivity index (χ2v) is 6.63. The van der Waals surface area contributed by atoms with Gasteiger partial charge in [-0.1, -0.05) is 34.5 Å². The number of nitrogens with zero attached hydrogens (tertiary/aromatic N) is 3. The molecule has 0 radical (unpaired) electrons. The number of hydrogen-bond acceptors (Lipinski definition) is 5. The molecule has 1 aromatic heterocycles. The summed E-state index contributed by atoms with van der Waals surface area (Å²) in [6.07, 6.45) is 1.09. The molecule has 4 nitrogen and oxygen atoms in total. The van der Waals surface area contributed by atoms with E-state index in [9.17, 15) is 0 Å². The average Bonchev–Trinajstić information content (AvgIpc) is 3.03. The Morgan fingerprint density at radius 1 is 1.30 bits per heavy atom. The van der Waals surface area contributed by atoms with Gasteiger partial charge in [-0.3, -0.25) is 0 Å². The normalized spacial score (nSPS) is 18.6. The van der Waals surface area contributed by atoms with Crippen LogP contribution < -0.4 is 9.64 Å². The van der Waals surface area contributed by atoms with Crippen LogP contribution in [0.4, 0.5) is 5.13 Å². The van der Waals surface area contributed by atoms with Gasteiger partial charge >= 0.3 is 0 Å². The summed E-state index contributed by atoms with van der Waals surface area (Å²) in [6, 6.07) is 5.34. The van der Waals surface area contributed by atoms with Gasteiger partial charge in [-0.2, -0.15) is 0 Å². The van der Waals surface area contributed by atoms with Crippen molar-refractivity contribution >= 4 is 39.7 Å². The van der Waals surface area contributed by atoms with E-state index in [0.29, 0.717) is 10.0 Å². The molecule has 7 heteroatoms. The van der Waals surface area contributed by atoms with E-state index in [1.54, 1.807) is 23.5 Å². The Balaban J connectivity index is 1.64. The summed E-state index contributed by atoms with van der Waals surface area (Å²) in [5.41, 5.74) is 0. The van der Waals surface area contributed by atoms with Crippen molar-refractivity contribution in [1.29, 1.82) is 0 Å². The molecule has 3 rings (SSSR count). The maximum atomic E-state index is 5.99. The zero-order valence-electron chi connectivity index (χ0n) is 10.8. The van der Waals surface area contributed by atoms with Crippen LogP contribution in [0, 0.1) is 6.92 Å². The molecular weight excluding hydrogens is 317 g/mol.